The van der Waals surface area contributed by atoms with Gasteiger partial charge in [-0.1, -0.05) is 12.1 Å². The Morgan fingerprint density at radius 2 is 2.11 bits per heavy atom. The van der Waals surface area contributed by atoms with Gasteiger partial charge in [0, 0.05) is 25.8 Å². The Hall–Kier alpha value is -1.23. The molecule has 1 aromatic carbocycles. The maximum Gasteiger partial charge on any atom is 0.401 e. The van der Waals surface area contributed by atoms with Crippen molar-refractivity contribution in [1.82, 2.24) is 5.32 Å². The second-order valence-electron chi connectivity index (χ2n) is 4.71. The largest absolute Gasteiger partial charge is 0.401 e. The summed E-state index contributed by atoms with van der Waals surface area (Å²) in [6.07, 6.45) is -2.04. The van der Waals surface area contributed by atoms with Crippen LogP contribution < -0.4 is 10.2 Å². The van der Waals surface area contributed by atoms with Crippen molar-refractivity contribution in [2.24, 2.45) is 0 Å². The average Bonchev–Trinajstić information content (AvgIpc) is 2.27. The van der Waals surface area contributed by atoms with E-state index in [1.165, 1.54) is 11.3 Å². The summed E-state index contributed by atoms with van der Waals surface area (Å²) in [5, 5.41) is 2.42. The molecule has 0 amide bonds. The molecule has 1 heterocycles. The molecule has 5 heteroatoms. The minimum atomic E-state index is -4.14. The van der Waals surface area contributed by atoms with Gasteiger partial charge in [-0.15, -0.1) is 0 Å². The highest BCUT2D eigenvalue weighted by molar-refractivity contribution is 5.56. The minimum absolute atomic E-state index is 0.260. The lowest BCUT2D eigenvalue weighted by Gasteiger charge is -2.27. The van der Waals surface area contributed by atoms with Gasteiger partial charge in [0.05, 0.1) is 6.54 Å². The molecule has 0 bridgehead atoms. The molecular formula is C13H17F3N2. The highest BCUT2D eigenvalue weighted by Gasteiger charge is 2.26. The molecule has 0 saturated heterocycles. The van der Waals surface area contributed by atoms with E-state index >= 15 is 0 Å². The quantitative estimate of drug-likeness (QED) is 0.896. The normalized spacial score (nSPS) is 15.7. The van der Waals surface area contributed by atoms with Gasteiger partial charge in [-0.05, 0) is 30.0 Å². The summed E-state index contributed by atoms with van der Waals surface area (Å²) >= 11 is 0. The molecule has 0 spiro atoms. The zero-order chi connectivity index (χ0) is 13.2. The van der Waals surface area contributed by atoms with Gasteiger partial charge in [0.1, 0.15) is 0 Å². The van der Waals surface area contributed by atoms with Gasteiger partial charge in [-0.25, -0.2) is 0 Å². The Labute approximate surface area is 105 Å². The monoisotopic (exact) mass is 258 g/mol. The van der Waals surface area contributed by atoms with Crippen molar-refractivity contribution in [2.45, 2.75) is 25.6 Å². The van der Waals surface area contributed by atoms with Crippen molar-refractivity contribution < 1.29 is 13.2 Å². The van der Waals surface area contributed by atoms with E-state index in [9.17, 15) is 13.2 Å². The number of aryl methyl sites for hydroxylation is 1. The second-order valence-corrected chi connectivity index (χ2v) is 4.71. The molecule has 2 nitrogen and oxygen atoms in total. The molecular weight excluding hydrogens is 241 g/mol. The number of fused-ring (bicyclic) bond motifs is 1. The van der Waals surface area contributed by atoms with Crippen LogP contribution in [-0.4, -0.2) is 26.3 Å². The topological polar surface area (TPSA) is 15.3 Å². The number of anilines is 1. The predicted molar refractivity (Wildman–Crippen MR) is 65.8 cm³/mol. The summed E-state index contributed by atoms with van der Waals surface area (Å²) in [5.41, 5.74) is 3.34. The van der Waals surface area contributed by atoms with Crippen LogP contribution in [-0.2, 0) is 13.0 Å². The van der Waals surface area contributed by atoms with Crippen molar-refractivity contribution in [2.75, 3.05) is 25.0 Å². The van der Waals surface area contributed by atoms with Gasteiger partial charge >= 0.3 is 6.18 Å². The Balaban J connectivity index is 1.99. The zero-order valence-corrected chi connectivity index (χ0v) is 10.3. The van der Waals surface area contributed by atoms with Crippen LogP contribution in [0.25, 0.3) is 0 Å². The maximum atomic E-state index is 12.0. The first-order chi connectivity index (χ1) is 8.46. The van der Waals surface area contributed by atoms with E-state index in [1.807, 2.05) is 25.2 Å². The van der Waals surface area contributed by atoms with Crippen molar-refractivity contribution in [3.05, 3.63) is 29.3 Å². The van der Waals surface area contributed by atoms with Gasteiger partial charge < -0.3 is 10.2 Å². The summed E-state index contributed by atoms with van der Waals surface area (Å²) in [7, 11) is 2.04. The Kier molecular flexibility index (Phi) is 3.80. The molecule has 100 valence electrons. The van der Waals surface area contributed by atoms with Crippen LogP contribution in [0.3, 0.4) is 0 Å². The van der Waals surface area contributed by atoms with Crippen LogP contribution in [0.15, 0.2) is 18.2 Å². The standard InChI is InChI=1S/C13H17F3N2/c1-18-6-2-3-11-7-10(4-5-12(11)18)8-17-9-13(14,15)16/h4-5,7,17H,2-3,6,8-9H2,1H3. The fraction of sp³-hybridized carbons (Fsp3) is 0.538. The maximum absolute atomic E-state index is 12.0. The van der Waals surface area contributed by atoms with Crippen LogP contribution >= 0.6 is 0 Å². The molecule has 0 aromatic heterocycles. The molecule has 18 heavy (non-hydrogen) atoms. The van der Waals surface area contributed by atoms with E-state index in [0.717, 1.165) is 24.9 Å². The first kappa shape index (κ1) is 13.2. The molecule has 1 N–H and O–H groups in total. The third-order valence-corrected chi connectivity index (χ3v) is 3.15. The number of hydrogen-bond donors (Lipinski definition) is 1. The van der Waals surface area contributed by atoms with E-state index in [2.05, 4.69) is 10.2 Å². The van der Waals surface area contributed by atoms with Crippen LogP contribution in [0.2, 0.25) is 0 Å². The summed E-state index contributed by atoms with van der Waals surface area (Å²) in [5.74, 6) is 0. The van der Waals surface area contributed by atoms with Crippen molar-refractivity contribution in [3.8, 4) is 0 Å². The molecule has 0 aliphatic carbocycles. The van der Waals surface area contributed by atoms with Gasteiger partial charge in [0.15, 0.2) is 0 Å². The Bertz CT molecular complexity index is 415. The van der Waals surface area contributed by atoms with Crippen molar-refractivity contribution in [3.63, 3.8) is 0 Å². The number of rotatable bonds is 3. The summed E-state index contributed by atoms with van der Waals surface area (Å²) in [6.45, 7) is 0.360. The van der Waals surface area contributed by atoms with Crippen LogP contribution in [0.4, 0.5) is 18.9 Å². The molecule has 0 radical (unpaired) electrons. The average molecular weight is 258 g/mol. The van der Waals surface area contributed by atoms with E-state index in [-0.39, 0.29) is 6.54 Å². The lowest BCUT2D eigenvalue weighted by atomic mass is 9.99. The number of alkyl halides is 3. The van der Waals surface area contributed by atoms with E-state index in [0.29, 0.717) is 0 Å². The third kappa shape index (κ3) is 3.38. The fourth-order valence-electron chi connectivity index (χ4n) is 2.30. The zero-order valence-electron chi connectivity index (χ0n) is 10.3. The molecule has 0 unspecified atom stereocenters. The molecule has 1 aromatic rings. The number of halogens is 3. The summed E-state index contributed by atoms with van der Waals surface area (Å²) in [6, 6.07) is 5.90. The van der Waals surface area contributed by atoms with E-state index < -0.39 is 12.7 Å². The lowest BCUT2D eigenvalue weighted by molar-refractivity contribution is -0.125. The minimum Gasteiger partial charge on any atom is -0.374 e. The Morgan fingerprint density at radius 1 is 1.33 bits per heavy atom. The lowest BCUT2D eigenvalue weighted by Crippen LogP contribution is -2.28. The van der Waals surface area contributed by atoms with Crippen molar-refractivity contribution in [1.29, 1.82) is 0 Å². The molecule has 1 aliphatic rings. The smallest absolute Gasteiger partial charge is 0.374 e. The molecule has 0 saturated carbocycles. The fourth-order valence-corrected chi connectivity index (χ4v) is 2.30. The second kappa shape index (κ2) is 5.18. The first-order valence-electron chi connectivity index (χ1n) is 6.06. The van der Waals surface area contributed by atoms with Crippen LogP contribution in [0, 0.1) is 0 Å². The predicted octanol–water partition coefficient (Wildman–Crippen LogP) is 2.72. The number of nitrogens with zero attached hydrogens (tertiary/aromatic N) is 1. The SMILES string of the molecule is CN1CCCc2cc(CNCC(F)(F)F)ccc21. The number of hydrogen-bond acceptors (Lipinski definition) is 2. The van der Waals surface area contributed by atoms with E-state index in [1.54, 1.807) is 0 Å². The summed E-state index contributed by atoms with van der Waals surface area (Å²) < 4.78 is 36.0. The van der Waals surface area contributed by atoms with Gasteiger partial charge in [0.25, 0.3) is 0 Å². The number of benzene rings is 1. The molecule has 1 aliphatic heterocycles. The molecule has 0 fully saturated rings. The van der Waals surface area contributed by atoms with E-state index in [4.69, 9.17) is 0 Å². The molecule has 2 rings (SSSR count). The van der Waals surface area contributed by atoms with Gasteiger partial charge in [0.2, 0.25) is 0 Å². The van der Waals surface area contributed by atoms with Crippen LogP contribution in [0.1, 0.15) is 17.5 Å². The van der Waals surface area contributed by atoms with Gasteiger partial charge in [-0.3, -0.25) is 0 Å². The Morgan fingerprint density at radius 3 is 2.83 bits per heavy atom. The van der Waals surface area contributed by atoms with Gasteiger partial charge in [-0.2, -0.15) is 13.2 Å². The molecule has 0 atom stereocenters. The van der Waals surface area contributed by atoms with Crippen molar-refractivity contribution >= 4 is 5.69 Å². The highest BCUT2D eigenvalue weighted by Crippen LogP contribution is 2.26. The van der Waals surface area contributed by atoms with Crippen LogP contribution in [0.5, 0.6) is 0 Å². The first-order valence-corrected chi connectivity index (χ1v) is 6.06. The third-order valence-electron chi connectivity index (χ3n) is 3.15. The summed E-state index contributed by atoms with van der Waals surface area (Å²) in [4.78, 5) is 2.19. The highest BCUT2D eigenvalue weighted by atomic mass is 19.4. The number of nitrogens with one attached hydrogen (secondary N) is 1.